The molecule has 1 unspecified atom stereocenters. The van der Waals surface area contributed by atoms with E-state index >= 15 is 0 Å². The van der Waals surface area contributed by atoms with E-state index in [-0.39, 0.29) is 16.5 Å². The van der Waals surface area contributed by atoms with Gasteiger partial charge in [-0.15, -0.1) is 0 Å². The normalized spacial score (nSPS) is 24.5. The molecule has 0 saturated carbocycles. The SMILES string of the molecule is O=C(NCCCN1CCNCC1)C1=CC2CNC3=CC=CC(=C1S(=O)(=O)O)N32. The number of hydrogen-bond donors (Lipinski definition) is 4. The quantitative estimate of drug-likeness (QED) is 0.332. The summed E-state index contributed by atoms with van der Waals surface area (Å²) in [5.74, 6) is 0.284. The van der Waals surface area contributed by atoms with E-state index in [1.165, 1.54) is 0 Å². The van der Waals surface area contributed by atoms with E-state index in [1.54, 1.807) is 23.1 Å². The highest BCUT2D eigenvalue weighted by molar-refractivity contribution is 7.90. The van der Waals surface area contributed by atoms with Gasteiger partial charge in [0.25, 0.3) is 16.0 Å². The van der Waals surface area contributed by atoms with E-state index in [0.717, 1.165) is 45.0 Å². The molecule has 4 heterocycles. The Labute approximate surface area is 164 Å². The summed E-state index contributed by atoms with van der Waals surface area (Å²) in [5, 5.41) is 9.30. The Morgan fingerprint density at radius 3 is 2.86 bits per heavy atom. The molecular formula is C18H25N5O4S. The molecule has 0 bridgehead atoms. The molecule has 1 amide bonds. The van der Waals surface area contributed by atoms with Crippen LogP contribution >= 0.6 is 0 Å². The Morgan fingerprint density at radius 2 is 2.11 bits per heavy atom. The maximum atomic E-state index is 12.8. The van der Waals surface area contributed by atoms with Crippen molar-refractivity contribution in [2.45, 2.75) is 12.5 Å². The summed E-state index contributed by atoms with van der Waals surface area (Å²) in [5.41, 5.74) is 0.332. The van der Waals surface area contributed by atoms with Gasteiger partial charge in [-0.25, -0.2) is 0 Å². The predicted molar refractivity (Wildman–Crippen MR) is 104 cm³/mol. The van der Waals surface area contributed by atoms with Crippen LogP contribution in [-0.4, -0.2) is 80.5 Å². The van der Waals surface area contributed by atoms with Gasteiger partial charge in [0.2, 0.25) is 0 Å². The molecule has 1 atom stereocenters. The minimum atomic E-state index is -4.57. The molecule has 4 aliphatic heterocycles. The van der Waals surface area contributed by atoms with Crippen LogP contribution in [0.2, 0.25) is 0 Å². The Balaban J connectivity index is 1.47. The summed E-state index contributed by atoms with van der Waals surface area (Å²) in [4.78, 5) is 16.6. The molecule has 0 aliphatic carbocycles. The fourth-order valence-corrected chi connectivity index (χ4v) is 4.90. The minimum Gasteiger partial charge on any atom is -0.369 e. The number of hydrogen-bond acceptors (Lipinski definition) is 7. The maximum Gasteiger partial charge on any atom is 0.297 e. The standard InChI is InChI=1S/C18H25N5O4S/c24-18(20-5-2-8-22-9-6-19-7-10-22)14-11-13-12-21-16-4-1-3-15(23(13)16)17(14)28(25,26)27/h1,3-4,11,13,19,21H,2,5-10,12H2,(H,20,24)(H,25,26,27). The summed E-state index contributed by atoms with van der Waals surface area (Å²) in [7, 11) is -4.57. The fraction of sp³-hybridized carbons (Fsp3) is 0.500. The number of carbonyl (C=O) groups excluding carboxylic acids is 1. The summed E-state index contributed by atoms with van der Waals surface area (Å²) in [6, 6.07) is -0.168. The van der Waals surface area contributed by atoms with Crippen LogP contribution in [0.4, 0.5) is 0 Å². The molecule has 2 fully saturated rings. The number of nitrogens with zero attached hydrogens (tertiary/aromatic N) is 2. The Bertz CT molecular complexity index is 884. The van der Waals surface area contributed by atoms with Crippen molar-refractivity contribution in [1.29, 1.82) is 0 Å². The lowest BCUT2D eigenvalue weighted by Crippen LogP contribution is -2.44. The van der Waals surface area contributed by atoms with Crippen molar-refractivity contribution >= 4 is 16.0 Å². The van der Waals surface area contributed by atoms with Crippen LogP contribution in [0, 0.1) is 0 Å². The van der Waals surface area contributed by atoms with Crippen molar-refractivity contribution in [3.8, 4) is 0 Å². The molecule has 4 rings (SSSR count). The van der Waals surface area contributed by atoms with E-state index in [1.807, 2.05) is 6.08 Å². The first-order valence-corrected chi connectivity index (χ1v) is 11.0. The van der Waals surface area contributed by atoms with Crippen molar-refractivity contribution in [3.63, 3.8) is 0 Å². The lowest BCUT2D eigenvalue weighted by molar-refractivity contribution is -0.117. The largest absolute Gasteiger partial charge is 0.369 e. The van der Waals surface area contributed by atoms with Gasteiger partial charge in [0.05, 0.1) is 17.3 Å². The second-order valence-corrected chi connectivity index (χ2v) is 8.56. The van der Waals surface area contributed by atoms with Gasteiger partial charge in [-0.2, -0.15) is 8.42 Å². The highest BCUT2D eigenvalue weighted by Crippen LogP contribution is 2.37. The van der Waals surface area contributed by atoms with Crippen molar-refractivity contribution in [2.75, 3.05) is 45.8 Å². The molecule has 4 N–H and O–H groups in total. The second kappa shape index (κ2) is 7.70. The third-order valence-corrected chi connectivity index (χ3v) is 6.28. The summed E-state index contributed by atoms with van der Waals surface area (Å²) in [6.45, 7) is 5.82. The Kier molecular flexibility index (Phi) is 5.28. The van der Waals surface area contributed by atoms with Crippen LogP contribution in [0.5, 0.6) is 0 Å². The second-order valence-electron chi connectivity index (χ2n) is 7.20. The van der Waals surface area contributed by atoms with Gasteiger partial charge in [-0.1, -0.05) is 6.08 Å². The van der Waals surface area contributed by atoms with Crippen molar-refractivity contribution in [2.24, 2.45) is 0 Å². The average molecular weight is 407 g/mol. The van der Waals surface area contributed by atoms with E-state index in [2.05, 4.69) is 20.9 Å². The summed E-state index contributed by atoms with van der Waals surface area (Å²) >= 11 is 0. The monoisotopic (exact) mass is 407 g/mol. The molecule has 0 spiro atoms. The van der Waals surface area contributed by atoms with Gasteiger partial charge < -0.3 is 25.8 Å². The highest BCUT2D eigenvalue weighted by Gasteiger charge is 2.41. The van der Waals surface area contributed by atoms with Crippen molar-refractivity contribution < 1.29 is 17.8 Å². The molecular weight excluding hydrogens is 382 g/mol. The highest BCUT2D eigenvalue weighted by atomic mass is 32.2. The minimum absolute atomic E-state index is 0.00974. The smallest absolute Gasteiger partial charge is 0.297 e. The number of allylic oxidation sites excluding steroid dienone is 3. The number of piperazine rings is 1. The van der Waals surface area contributed by atoms with E-state index in [4.69, 9.17) is 0 Å². The third-order valence-electron chi connectivity index (χ3n) is 5.34. The topological polar surface area (TPSA) is 114 Å². The van der Waals surface area contributed by atoms with Gasteiger partial charge in [0.1, 0.15) is 10.7 Å². The van der Waals surface area contributed by atoms with Crippen molar-refractivity contribution in [3.05, 3.63) is 46.3 Å². The van der Waals surface area contributed by atoms with Crippen LogP contribution < -0.4 is 16.0 Å². The number of amides is 1. The maximum absolute atomic E-state index is 12.8. The Morgan fingerprint density at radius 1 is 1.32 bits per heavy atom. The lowest BCUT2D eigenvalue weighted by atomic mass is 10.0. The first-order chi connectivity index (χ1) is 13.4. The molecule has 152 valence electrons. The van der Waals surface area contributed by atoms with Crippen molar-refractivity contribution in [1.82, 2.24) is 25.8 Å². The molecule has 0 radical (unpaired) electrons. The molecule has 0 aromatic carbocycles. The van der Waals surface area contributed by atoms with Gasteiger partial charge in [-0.3, -0.25) is 9.35 Å². The molecule has 2 saturated heterocycles. The molecule has 0 aromatic rings. The first-order valence-electron chi connectivity index (χ1n) is 9.52. The fourth-order valence-electron chi connectivity index (χ4n) is 4.03. The first kappa shape index (κ1) is 19.2. The zero-order valence-electron chi connectivity index (χ0n) is 15.5. The summed E-state index contributed by atoms with van der Waals surface area (Å²) in [6.07, 6.45) is 7.54. The third kappa shape index (κ3) is 3.72. The molecule has 28 heavy (non-hydrogen) atoms. The van der Waals surface area contributed by atoms with E-state index < -0.39 is 16.0 Å². The number of nitrogens with one attached hydrogen (secondary N) is 3. The predicted octanol–water partition coefficient (Wildman–Crippen LogP) is -0.878. The average Bonchev–Trinajstić information content (AvgIpc) is 3.09. The van der Waals surface area contributed by atoms with Gasteiger partial charge in [0, 0.05) is 39.3 Å². The van der Waals surface area contributed by atoms with Gasteiger partial charge >= 0.3 is 0 Å². The van der Waals surface area contributed by atoms with Gasteiger partial charge in [-0.05, 0) is 31.2 Å². The van der Waals surface area contributed by atoms with Crippen LogP contribution in [0.15, 0.2) is 46.3 Å². The van der Waals surface area contributed by atoms with E-state index in [0.29, 0.717) is 18.8 Å². The summed E-state index contributed by atoms with van der Waals surface area (Å²) < 4.78 is 34.0. The molecule has 0 aromatic heterocycles. The molecule has 4 aliphatic rings. The van der Waals surface area contributed by atoms with E-state index in [9.17, 15) is 17.8 Å². The lowest BCUT2D eigenvalue weighted by Gasteiger charge is -2.33. The van der Waals surface area contributed by atoms with Crippen LogP contribution in [0.3, 0.4) is 0 Å². The van der Waals surface area contributed by atoms with Crippen LogP contribution in [0.1, 0.15) is 6.42 Å². The van der Waals surface area contributed by atoms with Crippen LogP contribution in [-0.2, 0) is 14.9 Å². The zero-order chi connectivity index (χ0) is 19.7. The molecule has 9 nitrogen and oxygen atoms in total. The zero-order valence-corrected chi connectivity index (χ0v) is 16.3. The molecule has 10 heteroatoms. The van der Waals surface area contributed by atoms with Crippen LogP contribution in [0.25, 0.3) is 0 Å². The van der Waals surface area contributed by atoms with Gasteiger partial charge in [0.15, 0.2) is 0 Å². The number of rotatable bonds is 6. The number of carbonyl (C=O) groups is 1. The Hall–Kier alpha value is -2.14.